The van der Waals surface area contributed by atoms with E-state index in [4.69, 9.17) is 10.5 Å². The molecule has 0 bridgehead atoms. The number of rotatable bonds is 3. The van der Waals surface area contributed by atoms with E-state index in [2.05, 4.69) is 23.8 Å². The molecule has 0 radical (unpaired) electrons. The molecule has 17 heavy (non-hydrogen) atoms. The smallest absolute Gasteiger partial charge is 0.262 e. The van der Waals surface area contributed by atoms with Gasteiger partial charge < -0.3 is 10.5 Å². The SMILES string of the molecule is CC(C)c1ccc(Oc2nccnc2N)cc1. The number of nitrogen functional groups attached to an aromatic ring is 1. The minimum atomic E-state index is 0.292. The van der Waals surface area contributed by atoms with E-state index in [9.17, 15) is 0 Å². The first-order chi connectivity index (χ1) is 8.16. The number of benzene rings is 1. The Balaban J connectivity index is 2.17. The Bertz CT molecular complexity index is 494. The van der Waals surface area contributed by atoms with Gasteiger partial charge in [0.1, 0.15) is 5.75 Å². The highest BCUT2D eigenvalue weighted by molar-refractivity contribution is 5.42. The molecule has 0 unspecified atom stereocenters. The number of nitrogens with zero attached hydrogens (tertiary/aromatic N) is 2. The fraction of sp³-hybridized carbons (Fsp3) is 0.231. The summed E-state index contributed by atoms with van der Waals surface area (Å²) < 4.78 is 5.55. The van der Waals surface area contributed by atoms with Crippen LogP contribution >= 0.6 is 0 Å². The van der Waals surface area contributed by atoms with Crippen LogP contribution in [0.4, 0.5) is 5.82 Å². The van der Waals surface area contributed by atoms with Gasteiger partial charge in [-0.1, -0.05) is 26.0 Å². The second-order valence-corrected chi connectivity index (χ2v) is 4.07. The largest absolute Gasteiger partial charge is 0.436 e. The van der Waals surface area contributed by atoms with Gasteiger partial charge in [-0.15, -0.1) is 0 Å². The van der Waals surface area contributed by atoms with Crippen LogP contribution in [0.15, 0.2) is 36.7 Å². The van der Waals surface area contributed by atoms with Crippen LogP contribution in [-0.4, -0.2) is 9.97 Å². The van der Waals surface area contributed by atoms with Crippen LogP contribution in [0.1, 0.15) is 25.3 Å². The molecule has 88 valence electrons. The van der Waals surface area contributed by atoms with Crippen LogP contribution in [0, 0.1) is 0 Å². The topological polar surface area (TPSA) is 61.0 Å². The molecule has 0 spiro atoms. The summed E-state index contributed by atoms with van der Waals surface area (Å²) in [6.07, 6.45) is 3.08. The predicted molar refractivity (Wildman–Crippen MR) is 67.0 cm³/mol. The van der Waals surface area contributed by atoms with Crippen molar-refractivity contribution in [2.75, 3.05) is 5.73 Å². The summed E-state index contributed by atoms with van der Waals surface area (Å²) in [5, 5.41) is 0. The fourth-order valence-electron chi connectivity index (χ4n) is 1.45. The number of ether oxygens (including phenoxy) is 1. The molecule has 4 nitrogen and oxygen atoms in total. The van der Waals surface area contributed by atoms with Crippen molar-refractivity contribution in [2.24, 2.45) is 0 Å². The number of hydrogen-bond acceptors (Lipinski definition) is 4. The Morgan fingerprint density at radius 3 is 2.29 bits per heavy atom. The third-order valence-electron chi connectivity index (χ3n) is 2.45. The van der Waals surface area contributed by atoms with Gasteiger partial charge in [0, 0.05) is 12.4 Å². The molecule has 2 aromatic rings. The average molecular weight is 229 g/mol. The number of anilines is 1. The predicted octanol–water partition coefficient (Wildman–Crippen LogP) is 2.97. The van der Waals surface area contributed by atoms with Gasteiger partial charge >= 0.3 is 0 Å². The summed E-state index contributed by atoms with van der Waals surface area (Å²) in [7, 11) is 0. The zero-order valence-corrected chi connectivity index (χ0v) is 9.92. The minimum Gasteiger partial charge on any atom is -0.436 e. The highest BCUT2D eigenvalue weighted by Crippen LogP contribution is 2.24. The highest BCUT2D eigenvalue weighted by Gasteiger charge is 2.04. The van der Waals surface area contributed by atoms with Crippen LogP contribution in [0.2, 0.25) is 0 Å². The molecule has 1 heterocycles. The van der Waals surface area contributed by atoms with E-state index in [0.717, 1.165) is 0 Å². The van der Waals surface area contributed by atoms with Gasteiger partial charge in [-0.05, 0) is 23.6 Å². The molecule has 0 aliphatic rings. The first kappa shape index (κ1) is 11.4. The monoisotopic (exact) mass is 229 g/mol. The third kappa shape index (κ3) is 2.72. The standard InChI is InChI=1S/C13H15N3O/c1-9(2)10-3-5-11(6-4-10)17-13-12(14)15-7-8-16-13/h3-9H,1-2H3,(H2,14,15). The van der Waals surface area contributed by atoms with Gasteiger partial charge in [0.15, 0.2) is 5.82 Å². The van der Waals surface area contributed by atoms with Crippen molar-refractivity contribution in [1.29, 1.82) is 0 Å². The molecule has 2 N–H and O–H groups in total. The summed E-state index contributed by atoms with van der Waals surface area (Å²) in [5.74, 6) is 1.84. The Kier molecular flexibility index (Phi) is 3.23. The van der Waals surface area contributed by atoms with Gasteiger partial charge in [-0.2, -0.15) is 0 Å². The molecule has 0 saturated heterocycles. The third-order valence-corrected chi connectivity index (χ3v) is 2.45. The fourth-order valence-corrected chi connectivity index (χ4v) is 1.45. The van der Waals surface area contributed by atoms with Crippen LogP contribution < -0.4 is 10.5 Å². The minimum absolute atomic E-state index is 0.292. The quantitative estimate of drug-likeness (QED) is 0.878. The summed E-state index contributed by atoms with van der Waals surface area (Å²) in [5.41, 5.74) is 6.92. The van der Waals surface area contributed by atoms with Gasteiger partial charge in [0.2, 0.25) is 0 Å². The van der Waals surface area contributed by atoms with Crippen LogP contribution in [0.3, 0.4) is 0 Å². The molecule has 0 aliphatic carbocycles. The van der Waals surface area contributed by atoms with Crippen molar-refractivity contribution < 1.29 is 4.74 Å². The first-order valence-corrected chi connectivity index (χ1v) is 5.51. The maximum atomic E-state index is 5.65. The van der Waals surface area contributed by atoms with Crippen molar-refractivity contribution in [3.63, 3.8) is 0 Å². The van der Waals surface area contributed by atoms with E-state index in [1.165, 1.54) is 11.8 Å². The maximum absolute atomic E-state index is 5.65. The van der Waals surface area contributed by atoms with E-state index >= 15 is 0 Å². The average Bonchev–Trinajstić information content (AvgIpc) is 2.33. The van der Waals surface area contributed by atoms with Gasteiger partial charge in [-0.3, -0.25) is 0 Å². The molecule has 0 amide bonds. The van der Waals surface area contributed by atoms with Crippen molar-refractivity contribution in [3.8, 4) is 11.6 Å². The summed E-state index contributed by atoms with van der Waals surface area (Å²) in [6.45, 7) is 4.30. The molecule has 0 saturated carbocycles. The molecule has 1 aromatic heterocycles. The number of aromatic nitrogens is 2. The van der Waals surface area contributed by atoms with E-state index in [1.54, 1.807) is 6.20 Å². The number of hydrogen-bond donors (Lipinski definition) is 1. The van der Waals surface area contributed by atoms with Gasteiger partial charge in [-0.25, -0.2) is 9.97 Å². The molecular formula is C13H15N3O. The Labute approximate surface area is 100 Å². The molecule has 0 fully saturated rings. The van der Waals surface area contributed by atoms with E-state index in [-0.39, 0.29) is 0 Å². The second kappa shape index (κ2) is 4.82. The van der Waals surface area contributed by atoms with E-state index in [1.807, 2.05) is 24.3 Å². The zero-order chi connectivity index (χ0) is 12.3. The molecule has 2 rings (SSSR count). The van der Waals surface area contributed by atoms with Crippen molar-refractivity contribution in [2.45, 2.75) is 19.8 Å². The Morgan fingerprint density at radius 2 is 1.71 bits per heavy atom. The summed E-state index contributed by atoms with van der Waals surface area (Å²) in [4.78, 5) is 7.93. The summed E-state index contributed by atoms with van der Waals surface area (Å²) in [6, 6.07) is 7.88. The van der Waals surface area contributed by atoms with Crippen molar-refractivity contribution >= 4 is 5.82 Å². The van der Waals surface area contributed by atoms with Crippen molar-refractivity contribution in [3.05, 3.63) is 42.2 Å². The van der Waals surface area contributed by atoms with Crippen molar-refractivity contribution in [1.82, 2.24) is 9.97 Å². The molecule has 1 aromatic carbocycles. The second-order valence-electron chi connectivity index (χ2n) is 4.07. The van der Waals surface area contributed by atoms with Gasteiger partial charge in [0.05, 0.1) is 0 Å². The first-order valence-electron chi connectivity index (χ1n) is 5.51. The lowest BCUT2D eigenvalue weighted by atomic mass is 10.0. The van der Waals surface area contributed by atoms with Crippen LogP contribution in [0.5, 0.6) is 11.6 Å². The highest BCUT2D eigenvalue weighted by atomic mass is 16.5. The van der Waals surface area contributed by atoms with Crippen LogP contribution in [0.25, 0.3) is 0 Å². The lowest BCUT2D eigenvalue weighted by molar-refractivity contribution is 0.463. The Morgan fingerprint density at radius 1 is 1.06 bits per heavy atom. The molecule has 0 atom stereocenters. The van der Waals surface area contributed by atoms with Gasteiger partial charge in [0.25, 0.3) is 5.88 Å². The van der Waals surface area contributed by atoms with E-state index < -0.39 is 0 Å². The Hall–Kier alpha value is -2.10. The number of nitrogens with two attached hydrogens (primary N) is 1. The molecule has 4 heteroatoms. The van der Waals surface area contributed by atoms with E-state index in [0.29, 0.717) is 23.4 Å². The zero-order valence-electron chi connectivity index (χ0n) is 9.92. The molecular weight excluding hydrogens is 214 g/mol. The lowest BCUT2D eigenvalue weighted by Gasteiger charge is -2.08. The maximum Gasteiger partial charge on any atom is 0.262 e. The normalized spacial score (nSPS) is 10.5. The lowest BCUT2D eigenvalue weighted by Crippen LogP contribution is -1.97. The molecule has 0 aliphatic heterocycles. The van der Waals surface area contributed by atoms with Crippen LogP contribution in [-0.2, 0) is 0 Å². The summed E-state index contributed by atoms with van der Waals surface area (Å²) >= 11 is 0.